The molecular weight excluding hydrogens is 222 g/mol. The largest absolute Gasteiger partial charge is 0.398 e. The lowest BCUT2D eigenvalue weighted by Crippen LogP contribution is -2.44. The number of hydrogen-bond acceptors (Lipinski definition) is 3. The molecule has 2 aliphatic rings. The normalized spacial score (nSPS) is 28.9. The number of anilines is 1. The van der Waals surface area contributed by atoms with Crippen LogP contribution in [0.5, 0.6) is 0 Å². The average Bonchev–Trinajstić information content (AvgIpc) is 2.73. The second-order valence-electron chi connectivity index (χ2n) is 5.00. The minimum Gasteiger partial charge on any atom is -0.398 e. The molecular formula is C12H16ClN3. The highest BCUT2D eigenvalue weighted by atomic mass is 35.5. The van der Waals surface area contributed by atoms with E-state index < -0.39 is 0 Å². The number of benzene rings is 1. The summed E-state index contributed by atoms with van der Waals surface area (Å²) in [5, 5.41) is 4.12. The fourth-order valence-electron chi connectivity index (χ4n) is 2.93. The lowest BCUT2D eigenvalue weighted by molar-refractivity contribution is 0.196. The third kappa shape index (κ3) is 1.35. The summed E-state index contributed by atoms with van der Waals surface area (Å²) in [4.78, 5) is 2.40. The van der Waals surface area contributed by atoms with E-state index in [1.165, 1.54) is 11.1 Å². The first kappa shape index (κ1) is 10.4. The summed E-state index contributed by atoms with van der Waals surface area (Å²) < 4.78 is 0. The Hall–Kier alpha value is -0.770. The Morgan fingerprint density at radius 1 is 1.38 bits per heavy atom. The van der Waals surface area contributed by atoms with Crippen molar-refractivity contribution in [2.45, 2.75) is 18.4 Å². The van der Waals surface area contributed by atoms with Gasteiger partial charge < -0.3 is 11.1 Å². The van der Waals surface area contributed by atoms with E-state index in [1.807, 2.05) is 12.1 Å². The fourth-order valence-corrected chi connectivity index (χ4v) is 3.12. The van der Waals surface area contributed by atoms with Gasteiger partial charge in [-0.2, -0.15) is 0 Å². The van der Waals surface area contributed by atoms with Crippen molar-refractivity contribution in [1.29, 1.82) is 0 Å². The van der Waals surface area contributed by atoms with Crippen LogP contribution in [0.25, 0.3) is 0 Å². The number of hydrogen-bond donors (Lipinski definition) is 2. The van der Waals surface area contributed by atoms with Gasteiger partial charge in [0.2, 0.25) is 0 Å². The maximum absolute atomic E-state index is 6.07. The Balaban J connectivity index is 2.00. The van der Waals surface area contributed by atoms with Crippen molar-refractivity contribution in [3.8, 4) is 0 Å². The summed E-state index contributed by atoms with van der Waals surface area (Å²) >= 11 is 6.07. The molecule has 0 amide bonds. The van der Waals surface area contributed by atoms with Gasteiger partial charge in [-0.05, 0) is 43.1 Å². The van der Waals surface area contributed by atoms with Crippen molar-refractivity contribution < 1.29 is 0 Å². The summed E-state index contributed by atoms with van der Waals surface area (Å²) in [5.74, 6) is 0. The number of nitrogen functional groups attached to an aromatic ring is 1. The first-order chi connectivity index (χ1) is 7.61. The van der Waals surface area contributed by atoms with Crippen LogP contribution in [-0.2, 0) is 12.8 Å². The zero-order valence-corrected chi connectivity index (χ0v) is 10.1. The first-order valence-electron chi connectivity index (χ1n) is 5.59. The lowest BCUT2D eigenvalue weighted by Gasteiger charge is -2.30. The van der Waals surface area contributed by atoms with Crippen LogP contribution in [0.1, 0.15) is 11.1 Å². The lowest BCUT2D eigenvalue weighted by atomic mass is 9.96. The molecule has 16 heavy (non-hydrogen) atoms. The van der Waals surface area contributed by atoms with E-state index in [-0.39, 0.29) is 5.54 Å². The molecule has 1 atom stereocenters. The Kier molecular flexibility index (Phi) is 2.18. The van der Waals surface area contributed by atoms with Gasteiger partial charge >= 0.3 is 0 Å². The molecule has 1 aromatic rings. The van der Waals surface area contributed by atoms with Gasteiger partial charge in [-0.3, -0.25) is 4.90 Å². The molecule has 86 valence electrons. The predicted molar refractivity (Wildman–Crippen MR) is 66.6 cm³/mol. The number of nitrogens with one attached hydrogen (secondary N) is 1. The second kappa shape index (κ2) is 3.36. The van der Waals surface area contributed by atoms with Crippen molar-refractivity contribution in [2.75, 3.05) is 26.0 Å². The summed E-state index contributed by atoms with van der Waals surface area (Å²) in [5.41, 5.74) is 9.52. The van der Waals surface area contributed by atoms with Gasteiger partial charge in [0.15, 0.2) is 0 Å². The molecule has 1 aliphatic carbocycles. The van der Waals surface area contributed by atoms with Gasteiger partial charge in [0.25, 0.3) is 0 Å². The Morgan fingerprint density at radius 3 is 2.69 bits per heavy atom. The summed E-state index contributed by atoms with van der Waals surface area (Å²) in [6.07, 6.45) is 2.15. The van der Waals surface area contributed by atoms with E-state index in [0.29, 0.717) is 10.7 Å². The van der Waals surface area contributed by atoms with Gasteiger partial charge in [0.1, 0.15) is 0 Å². The standard InChI is InChI=1S/C12H16ClN3/c1-16-7-15-6-12(16)4-8-2-10(13)11(14)3-9(8)5-12/h2-3,15H,4-7,14H2,1H3. The van der Waals surface area contributed by atoms with Gasteiger partial charge in [-0.25, -0.2) is 0 Å². The molecule has 4 heteroatoms. The topological polar surface area (TPSA) is 41.3 Å². The van der Waals surface area contributed by atoms with E-state index in [4.69, 9.17) is 17.3 Å². The van der Waals surface area contributed by atoms with Crippen LogP contribution in [0.15, 0.2) is 12.1 Å². The zero-order valence-electron chi connectivity index (χ0n) is 9.39. The molecule has 1 aliphatic heterocycles. The van der Waals surface area contributed by atoms with Gasteiger partial charge in [0, 0.05) is 18.8 Å². The number of nitrogens with two attached hydrogens (primary N) is 1. The number of nitrogens with zero attached hydrogens (tertiary/aromatic N) is 1. The molecule has 3 N–H and O–H groups in total. The molecule has 0 aromatic heterocycles. The van der Waals surface area contributed by atoms with Gasteiger partial charge in [0.05, 0.1) is 10.7 Å². The minimum absolute atomic E-state index is 0.249. The molecule has 0 bridgehead atoms. The van der Waals surface area contributed by atoms with Gasteiger partial charge in [-0.1, -0.05) is 11.6 Å². The zero-order chi connectivity index (χ0) is 11.3. The predicted octanol–water partition coefficient (Wildman–Crippen LogP) is 1.25. The van der Waals surface area contributed by atoms with Gasteiger partial charge in [-0.15, -0.1) is 0 Å². The Bertz CT molecular complexity index is 413. The maximum atomic E-state index is 6.07. The van der Waals surface area contributed by atoms with Crippen molar-refractivity contribution in [2.24, 2.45) is 0 Å². The van der Waals surface area contributed by atoms with Crippen LogP contribution < -0.4 is 11.1 Å². The summed E-state index contributed by atoms with van der Waals surface area (Å²) in [6, 6.07) is 4.08. The second-order valence-corrected chi connectivity index (χ2v) is 5.41. The molecule has 3 rings (SSSR count). The molecule has 1 heterocycles. The number of halogens is 1. The molecule has 1 saturated heterocycles. The number of rotatable bonds is 0. The minimum atomic E-state index is 0.249. The molecule has 0 saturated carbocycles. The van der Waals surface area contributed by atoms with Crippen LogP contribution in [0.3, 0.4) is 0 Å². The van der Waals surface area contributed by atoms with Crippen LogP contribution in [0.2, 0.25) is 5.02 Å². The average molecular weight is 238 g/mol. The maximum Gasteiger partial charge on any atom is 0.0638 e. The third-order valence-electron chi connectivity index (χ3n) is 3.97. The Labute approximate surface area is 101 Å². The quantitative estimate of drug-likeness (QED) is 0.668. The van der Waals surface area contributed by atoms with Crippen molar-refractivity contribution in [3.63, 3.8) is 0 Å². The SMILES string of the molecule is CN1CNCC12Cc1cc(N)c(Cl)cc1C2. The highest BCUT2D eigenvalue weighted by molar-refractivity contribution is 6.33. The monoisotopic (exact) mass is 237 g/mol. The number of fused-ring (bicyclic) bond motifs is 1. The van der Waals surface area contributed by atoms with Crippen molar-refractivity contribution >= 4 is 17.3 Å². The first-order valence-corrected chi connectivity index (χ1v) is 5.97. The molecule has 1 fully saturated rings. The highest BCUT2D eigenvalue weighted by Crippen LogP contribution is 2.38. The van der Waals surface area contributed by atoms with E-state index >= 15 is 0 Å². The summed E-state index contributed by atoms with van der Waals surface area (Å²) in [7, 11) is 2.18. The van der Waals surface area contributed by atoms with E-state index in [0.717, 1.165) is 26.1 Å². The molecule has 1 unspecified atom stereocenters. The molecule has 1 aromatic carbocycles. The van der Waals surface area contributed by atoms with Crippen LogP contribution in [-0.4, -0.2) is 30.7 Å². The molecule has 1 spiro atoms. The molecule has 3 nitrogen and oxygen atoms in total. The van der Waals surface area contributed by atoms with Crippen LogP contribution in [0, 0.1) is 0 Å². The van der Waals surface area contributed by atoms with Crippen molar-refractivity contribution in [3.05, 3.63) is 28.3 Å². The third-order valence-corrected chi connectivity index (χ3v) is 4.30. The van der Waals surface area contributed by atoms with Crippen LogP contribution in [0.4, 0.5) is 5.69 Å². The van der Waals surface area contributed by atoms with E-state index in [2.05, 4.69) is 17.3 Å². The van der Waals surface area contributed by atoms with Crippen LogP contribution >= 0.6 is 11.6 Å². The van der Waals surface area contributed by atoms with E-state index in [1.54, 1.807) is 0 Å². The molecule has 0 radical (unpaired) electrons. The highest BCUT2D eigenvalue weighted by Gasteiger charge is 2.43. The van der Waals surface area contributed by atoms with Crippen molar-refractivity contribution in [1.82, 2.24) is 10.2 Å². The Morgan fingerprint density at radius 2 is 2.06 bits per heavy atom. The summed E-state index contributed by atoms with van der Waals surface area (Å²) in [6.45, 7) is 2.02. The number of likely N-dealkylation sites (N-methyl/N-ethyl adjacent to an activating group) is 1. The van der Waals surface area contributed by atoms with E-state index in [9.17, 15) is 0 Å². The smallest absolute Gasteiger partial charge is 0.0638 e. The fraction of sp³-hybridized carbons (Fsp3) is 0.500.